The Morgan fingerprint density at radius 2 is 1.85 bits per heavy atom. The molecule has 0 radical (unpaired) electrons. The van der Waals surface area contributed by atoms with Gasteiger partial charge >= 0.3 is 5.97 Å². The average Bonchev–Trinajstić information content (AvgIpc) is 2.63. The number of halogens is 1. The van der Waals surface area contributed by atoms with Gasteiger partial charge in [-0.15, -0.1) is 0 Å². The van der Waals surface area contributed by atoms with E-state index < -0.39 is 6.04 Å². The number of carbonyl (C=O) groups is 1. The number of allylic oxidation sites excluding steroid dienone is 1. The molecule has 6 heteroatoms. The molecule has 1 unspecified atom stereocenters. The van der Waals surface area contributed by atoms with Crippen LogP contribution in [-0.4, -0.2) is 17.7 Å². The van der Waals surface area contributed by atoms with E-state index in [1.165, 1.54) is 0 Å². The maximum Gasteiger partial charge on any atom is 0.338 e. The number of anilines is 1. The summed E-state index contributed by atoms with van der Waals surface area (Å²) < 4.78 is 5.31. The fourth-order valence-electron chi connectivity index (χ4n) is 3.01. The fraction of sp³-hybridized carbons (Fsp3) is 0.200. The molecule has 1 atom stereocenters. The van der Waals surface area contributed by atoms with E-state index in [0.717, 1.165) is 16.9 Å². The van der Waals surface area contributed by atoms with Crippen molar-refractivity contribution in [2.45, 2.75) is 19.9 Å². The quantitative estimate of drug-likeness (QED) is 0.613. The topological polar surface area (TPSA) is 41.6 Å². The van der Waals surface area contributed by atoms with Crippen molar-refractivity contribution in [1.82, 2.24) is 5.32 Å². The van der Waals surface area contributed by atoms with Crippen LogP contribution in [0, 0.1) is 0 Å². The summed E-state index contributed by atoms with van der Waals surface area (Å²) in [5.74, 6) is -0.360. The van der Waals surface area contributed by atoms with E-state index >= 15 is 0 Å². The summed E-state index contributed by atoms with van der Waals surface area (Å²) in [6.07, 6.45) is 0. The second-order valence-electron chi connectivity index (χ2n) is 5.82. The molecule has 134 valence electrons. The van der Waals surface area contributed by atoms with Crippen LogP contribution in [0.15, 0.2) is 65.9 Å². The van der Waals surface area contributed by atoms with Crippen LogP contribution in [0.5, 0.6) is 0 Å². The van der Waals surface area contributed by atoms with Crippen LogP contribution in [-0.2, 0) is 9.53 Å². The largest absolute Gasteiger partial charge is 0.463 e. The Kier molecular flexibility index (Phi) is 5.59. The minimum Gasteiger partial charge on any atom is -0.463 e. The van der Waals surface area contributed by atoms with Crippen molar-refractivity contribution in [3.63, 3.8) is 0 Å². The first-order valence-corrected chi connectivity index (χ1v) is 9.10. The van der Waals surface area contributed by atoms with Crippen LogP contribution in [0.2, 0.25) is 5.02 Å². The van der Waals surface area contributed by atoms with Gasteiger partial charge in [-0.1, -0.05) is 41.9 Å². The molecule has 0 saturated carbocycles. The van der Waals surface area contributed by atoms with Gasteiger partial charge in [0.2, 0.25) is 0 Å². The summed E-state index contributed by atoms with van der Waals surface area (Å²) in [6, 6.07) is 16.7. The number of hydrogen-bond donors (Lipinski definition) is 1. The summed E-state index contributed by atoms with van der Waals surface area (Å²) in [4.78, 5) is 14.6. The summed E-state index contributed by atoms with van der Waals surface area (Å²) in [7, 11) is 0. The van der Waals surface area contributed by atoms with Gasteiger partial charge in [0.15, 0.2) is 5.11 Å². The molecule has 1 N–H and O–H groups in total. The Balaban J connectivity index is 2.11. The fourth-order valence-corrected chi connectivity index (χ4v) is 3.50. The highest BCUT2D eigenvalue weighted by molar-refractivity contribution is 7.80. The third kappa shape index (κ3) is 3.59. The number of para-hydroxylation sites is 1. The van der Waals surface area contributed by atoms with Crippen molar-refractivity contribution in [1.29, 1.82) is 0 Å². The Morgan fingerprint density at radius 1 is 1.19 bits per heavy atom. The zero-order chi connectivity index (χ0) is 18.7. The molecule has 26 heavy (non-hydrogen) atoms. The van der Waals surface area contributed by atoms with Crippen LogP contribution in [0.3, 0.4) is 0 Å². The average molecular weight is 387 g/mol. The number of hydrogen-bond acceptors (Lipinski definition) is 3. The normalized spacial score (nSPS) is 17.1. The SMILES string of the molecule is CCOC(=O)C1=C(C)N(c2ccccc2)C(=S)NC1c1ccc(Cl)cc1. The van der Waals surface area contributed by atoms with Gasteiger partial charge in [0.05, 0.1) is 18.2 Å². The molecule has 0 spiro atoms. The summed E-state index contributed by atoms with van der Waals surface area (Å²) in [6.45, 7) is 3.98. The lowest BCUT2D eigenvalue weighted by Crippen LogP contribution is -2.48. The molecule has 0 fully saturated rings. The number of nitrogens with one attached hydrogen (secondary N) is 1. The maximum absolute atomic E-state index is 12.7. The van der Waals surface area contributed by atoms with Crippen LogP contribution in [0.4, 0.5) is 5.69 Å². The molecular formula is C20H19ClN2O2S. The Hall–Kier alpha value is -2.37. The van der Waals surface area contributed by atoms with Crippen molar-refractivity contribution >= 4 is 40.6 Å². The molecule has 0 aliphatic carbocycles. The van der Waals surface area contributed by atoms with Gasteiger partial charge in [0.1, 0.15) is 0 Å². The van der Waals surface area contributed by atoms with Crippen LogP contribution in [0.25, 0.3) is 0 Å². The second kappa shape index (κ2) is 7.89. The van der Waals surface area contributed by atoms with Gasteiger partial charge in [-0.2, -0.15) is 0 Å². The van der Waals surface area contributed by atoms with E-state index in [2.05, 4.69) is 5.32 Å². The number of benzene rings is 2. The molecule has 3 rings (SSSR count). The molecule has 1 heterocycles. The third-order valence-corrected chi connectivity index (χ3v) is 4.75. The van der Waals surface area contributed by atoms with E-state index in [4.69, 9.17) is 28.6 Å². The molecule has 1 aliphatic heterocycles. The van der Waals surface area contributed by atoms with Gasteiger partial charge in [-0.3, -0.25) is 4.90 Å². The number of ether oxygens (including phenoxy) is 1. The van der Waals surface area contributed by atoms with Gasteiger partial charge < -0.3 is 10.1 Å². The number of nitrogens with zero attached hydrogens (tertiary/aromatic N) is 1. The Morgan fingerprint density at radius 3 is 2.46 bits per heavy atom. The van der Waals surface area contributed by atoms with Crippen molar-refractivity contribution in [3.05, 3.63) is 76.5 Å². The van der Waals surface area contributed by atoms with Crippen molar-refractivity contribution < 1.29 is 9.53 Å². The standard InChI is InChI=1S/C20H19ClN2O2S/c1-3-25-19(24)17-13(2)23(16-7-5-4-6-8-16)20(26)22-18(17)14-9-11-15(21)12-10-14/h4-12,18H,3H2,1-2H3,(H,22,26). The molecule has 0 amide bonds. The Labute approximate surface area is 163 Å². The number of thiocarbonyl (C=S) groups is 1. The highest BCUT2D eigenvalue weighted by Gasteiger charge is 2.35. The lowest BCUT2D eigenvalue weighted by molar-refractivity contribution is -0.139. The molecule has 2 aromatic rings. The minimum absolute atomic E-state index is 0.304. The van der Waals surface area contributed by atoms with Crippen LogP contribution < -0.4 is 10.2 Å². The number of carbonyl (C=O) groups excluding carboxylic acids is 1. The number of rotatable bonds is 4. The van der Waals surface area contributed by atoms with Gasteiger partial charge in [0.25, 0.3) is 0 Å². The first kappa shape index (κ1) is 18.4. The molecule has 0 bridgehead atoms. The lowest BCUT2D eigenvalue weighted by Gasteiger charge is -2.37. The molecule has 2 aromatic carbocycles. The summed E-state index contributed by atoms with van der Waals surface area (Å²) >= 11 is 11.6. The first-order chi connectivity index (χ1) is 12.5. The van der Waals surface area contributed by atoms with Crippen LogP contribution >= 0.6 is 23.8 Å². The molecule has 0 saturated heterocycles. The zero-order valence-electron chi connectivity index (χ0n) is 14.5. The smallest absolute Gasteiger partial charge is 0.338 e. The summed E-state index contributed by atoms with van der Waals surface area (Å²) in [5, 5.41) is 4.44. The predicted molar refractivity (Wildman–Crippen MR) is 108 cm³/mol. The highest BCUT2D eigenvalue weighted by atomic mass is 35.5. The maximum atomic E-state index is 12.7. The van der Waals surface area contributed by atoms with Crippen molar-refractivity contribution in [3.8, 4) is 0 Å². The second-order valence-corrected chi connectivity index (χ2v) is 6.65. The lowest BCUT2D eigenvalue weighted by atomic mass is 9.95. The zero-order valence-corrected chi connectivity index (χ0v) is 16.1. The van der Waals surface area contributed by atoms with E-state index in [9.17, 15) is 4.79 Å². The van der Waals surface area contributed by atoms with Gasteiger partial charge in [-0.05, 0) is 55.9 Å². The third-order valence-electron chi connectivity index (χ3n) is 4.20. The monoisotopic (exact) mass is 386 g/mol. The van der Waals surface area contributed by atoms with Gasteiger partial charge in [-0.25, -0.2) is 4.79 Å². The van der Waals surface area contributed by atoms with E-state index in [1.807, 2.05) is 54.3 Å². The first-order valence-electron chi connectivity index (χ1n) is 8.32. The van der Waals surface area contributed by atoms with Gasteiger partial charge in [0, 0.05) is 16.4 Å². The van der Waals surface area contributed by atoms with Crippen molar-refractivity contribution in [2.75, 3.05) is 11.5 Å². The Bertz CT molecular complexity index is 850. The van der Waals surface area contributed by atoms with E-state index in [0.29, 0.717) is 22.3 Å². The van der Waals surface area contributed by atoms with Crippen molar-refractivity contribution in [2.24, 2.45) is 0 Å². The van der Waals surface area contributed by atoms with E-state index in [1.54, 1.807) is 19.1 Å². The molecule has 4 nitrogen and oxygen atoms in total. The predicted octanol–water partition coefficient (Wildman–Crippen LogP) is 4.61. The minimum atomic E-state index is -0.390. The van der Waals surface area contributed by atoms with Crippen LogP contribution in [0.1, 0.15) is 25.5 Å². The number of esters is 1. The van der Waals surface area contributed by atoms with E-state index in [-0.39, 0.29) is 5.97 Å². The molecule has 0 aromatic heterocycles. The highest BCUT2D eigenvalue weighted by Crippen LogP contribution is 2.34. The molecule has 1 aliphatic rings. The summed E-state index contributed by atoms with van der Waals surface area (Å²) in [5.41, 5.74) is 3.07. The molecular weight excluding hydrogens is 368 g/mol.